The molecule has 24 heavy (non-hydrogen) atoms. The first-order chi connectivity index (χ1) is 11.3. The second-order valence-corrected chi connectivity index (χ2v) is 7.90. The van der Waals surface area contributed by atoms with Crippen LogP contribution in [0.2, 0.25) is 0 Å². The molecule has 1 aromatic carbocycles. The van der Waals surface area contributed by atoms with Gasteiger partial charge in [-0.05, 0) is 51.3 Å². The Morgan fingerprint density at radius 2 is 2.08 bits per heavy atom. The zero-order chi connectivity index (χ0) is 17.3. The lowest BCUT2D eigenvalue weighted by Gasteiger charge is -2.38. The van der Waals surface area contributed by atoms with Crippen LogP contribution in [0.4, 0.5) is 4.79 Å². The molecule has 1 aromatic rings. The van der Waals surface area contributed by atoms with Gasteiger partial charge in [-0.3, -0.25) is 4.90 Å². The number of nitrogens with zero attached hydrogens (tertiary/aromatic N) is 1. The van der Waals surface area contributed by atoms with Crippen molar-refractivity contribution in [2.24, 2.45) is 0 Å². The van der Waals surface area contributed by atoms with Gasteiger partial charge in [0, 0.05) is 19.0 Å². The number of hydrogen-bond acceptors (Lipinski definition) is 4. The number of aliphatic hydroxyl groups excluding tert-OH is 1. The lowest BCUT2D eigenvalue weighted by Crippen LogP contribution is -2.50. The molecule has 0 spiro atoms. The van der Waals surface area contributed by atoms with E-state index in [-0.39, 0.29) is 24.3 Å². The molecule has 1 aliphatic heterocycles. The molecule has 0 saturated carbocycles. The third-order valence-electron chi connectivity index (χ3n) is 4.73. The zero-order valence-corrected chi connectivity index (χ0v) is 14.8. The SMILES string of the molecule is CC(C)(C)OC(=O)N[C@@H]1CCCN([C@H]2c3ccccc3C[C@@H]2O)C1. The van der Waals surface area contributed by atoms with E-state index >= 15 is 0 Å². The van der Waals surface area contributed by atoms with E-state index in [1.54, 1.807) is 0 Å². The van der Waals surface area contributed by atoms with Crippen molar-refractivity contribution >= 4 is 6.09 Å². The Labute approximate surface area is 144 Å². The Kier molecular flexibility index (Phi) is 4.83. The van der Waals surface area contributed by atoms with Crippen molar-refractivity contribution in [3.63, 3.8) is 0 Å². The number of benzene rings is 1. The number of hydrogen-bond donors (Lipinski definition) is 2. The summed E-state index contributed by atoms with van der Waals surface area (Å²) in [6.45, 7) is 7.29. The number of alkyl carbamates (subject to hydrolysis) is 1. The molecular weight excluding hydrogens is 304 g/mol. The molecule has 132 valence electrons. The van der Waals surface area contributed by atoms with E-state index in [9.17, 15) is 9.90 Å². The molecule has 0 unspecified atom stereocenters. The molecule has 5 nitrogen and oxygen atoms in total. The van der Waals surface area contributed by atoms with Crippen LogP contribution in [0.1, 0.15) is 50.8 Å². The molecule has 0 aromatic heterocycles. The minimum Gasteiger partial charge on any atom is -0.444 e. The van der Waals surface area contributed by atoms with Gasteiger partial charge in [0.15, 0.2) is 0 Å². The Hall–Kier alpha value is -1.59. The van der Waals surface area contributed by atoms with Crippen molar-refractivity contribution in [3.05, 3.63) is 35.4 Å². The number of amides is 1. The summed E-state index contributed by atoms with van der Waals surface area (Å²) in [4.78, 5) is 14.3. The third kappa shape index (κ3) is 3.90. The topological polar surface area (TPSA) is 61.8 Å². The first kappa shape index (κ1) is 17.2. The fourth-order valence-corrected chi connectivity index (χ4v) is 3.84. The molecule has 0 bridgehead atoms. The quantitative estimate of drug-likeness (QED) is 0.874. The van der Waals surface area contributed by atoms with E-state index in [1.807, 2.05) is 32.9 Å². The summed E-state index contributed by atoms with van der Waals surface area (Å²) in [6, 6.07) is 8.36. The fourth-order valence-electron chi connectivity index (χ4n) is 3.84. The summed E-state index contributed by atoms with van der Waals surface area (Å²) in [5, 5.41) is 13.5. The van der Waals surface area contributed by atoms with Crippen LogP contribution in [-0.4, -0.2) is 46.9 Å². The molecule has 5 heteroatoms. The first-order valence-corrected chi connectivity index (χ1v) is 8.83. The number of carbonyl (C=O) groups excluding carboxylic acids is 1. The van der Waals surface area contributed by atoms with Gasteiger partial charge in [-0.2, -0.15) is 0 Å². The minimum atomic E-state index is -0.487. The van der Waals surface area contributed by atoms with E-state index in [2.05, 4.69) is 22.3 Å². The summed E-state index contributed by atoms with van der Waals surface area (Å²) in [5.74, 6) is 0. The normalized spacial score (nSPS) is 27.6. The van der Waals surface area contributed by atoms with Crippen LogP contribution in [0.25, 0.3) is 0 Å². The maximum Gasteiger partial charge on any atom is 0.407 e. The van der Waals surface area contributed by atoms with Gasteiger partial charge in [0.1, 0.15) is 5.60 Å². The molecule has 2 N–H and O–H groups in total. The van der Waals surface area contributed by atoms with Gasteiger partial charge >= 0.3 is 6.09 Å². The van der Waals surface area contributed by atoms with Crippen LogP contribution in [0.3, 0.4) is 0 Å². The average Bonchev–Trinajstić information content (AvgIpc) is 2.81. The van der Waals surface area contributed by atoms with Crippen LogP contribution in [-0.2, 0) is 11.2 Å². The predicted octanol–water partition coefficient (Wildman–Crippen LogP) is 2.63. The highest BCUT2D eigenvalue weighted by atomic mass is 16.6. The van der Waals surface area contributed by atoms with E-state index in [0.29, 0.717) is 6.42 Å². The molecule has 1 heterocycles. The average molecular weight is 332 g/mol. The van der Waals surface area contributed by atoms with Crippen molar-refractivity contribution in [1.29, 1.82) is 0 Å². The van der Waals surface area contributed by atoms with E-state index in [4.69, 9.17) is 4.74 Å². The summed E-state index contributed by atoms with van der Waals surface area (Å²) in [6.07, 6.45) is 1.93. The Morgan fingerprint density at radius 1 is 1.33 bits per heavy atom. The molecule has 2 aliphatic rings. The summed E-state index contributed by atoms with van der Waals surface area (Å²) in [5.41, 5.74) is 1.97. The highest BCUT2D eigenvalue weighted by Crippen LogP contribution is 2.37. The van der Waals surface area contributed by atoms with Crippen molar-refractivity contribution in [2.45, 2.75) is 63.8 Å². The fraction of sp³-hybridized carbons (Fsp3) is 0.632. The van der Waals surface area contributed by atoms with Gasteiger partial charge in [0.25, 0.3) is 0 Å². The second-order valence-electron chi connectivity index (χ2n) is 7.90. The monoisotopic (exact) mass is 332 g/mol. The Morgan fingerprint density at radius 3 is 2.83 bits per heavy atom. The van der Waals surface area contributed by atoms with E-state index in [0.717, 1.165) is 25.9 Å². The van der Waals surface area contributed by atoms with Gasteiger partial charge < -0.3 is 15.2 Å². The Balaban J connectivity index is 1.65. The van der Waals surface area contributed by atoms with Crippen LogP contribution in [0, 0.1) is 0 Å². The first-order valence-electron chi connectivity index (χ1n) is 8.83. The van der Waals surface area contributed by atoms with Gasteiger partial charge in [0.2, 0.25) is 0 Å². The summed E-state index contributed by atoms with van der Waals surface area (Å²) >= 11 is 0. The highest BCUT2D eigenvalue weighted by molar-refractivity contribution is 5.68. The van der Waals surface area contributed by atoms with Crippen molar-refractivity contribution < 1.29 is 14.6 Å². The lowest BCUT2D eigenvalue weighted by molar-refractivity contribution is 0.0302. The largest absolute Gasteiger partial charge is 0.444 e. The number of likely N-dealkylation sites (tertiary alicyclic amines) is 1. The smallest absolute Gasteiger partial charge is 0.407 e. The second kappa shape index (κ2) is 6.73. The number of nitrogens with one attached hydrogen (secondary N) is 1. The van der Waals surface area contributed by atoms with Gasteiger partial charge in [-0.1, -0.05) is 24.3 Å². The van der Waals surface area contributed by atoms with Gasteiger partial charge in [-0.15, -0.1) is 0 Å². The number of aliphatic hydroxyl groups is 1. The summed E-state index contributed by atoms with van der Waals surface area (Å²) < 4.78 is 5.36. The van der Waals surface area contributed by atoms with E-state index in [1.165, 1.54) is 11.1 Å². The van der Waals surface area contributed by atoms with Gasteiger partial charge in [-0.25, -0.2) is 4.79 Å². The maximum atomic E-state index is 12.0. The third-order valence-corrected chi connectivity index (χ3v) is 4.73. The summed E-state index contributed by atoms with van der Waals surface area (Å²) in [7, 11) is 0. The Bertz CT molecular complexity index is 597. The molecule has 3 atom stereocenters. The molecule has 1 aliphatic carbocycles. The molecule has 1 amide bonds. The molecule has 1 saturated heterocycles. The van der Waals surface area contributed by atoms with Crippen LogP contribution in [0.15, 0.2) is 24.3 Å². The number of rotatable bonds is 2. The molecular formula is C19H28N2O3. The number of piperidine rings is 1. The molecule has 3 rings (SSSR count). The number of ether oxygens (including phenoxy) is 1. The maximum absolute atomic E-state index is 12.0. The predicted molar refractivity (Wildman–Crippen MR) is 92.9 cm³/mol. The van der Waals surface area contributed by atoms with Crippen molar-refractivity contribution in [1.82, 2.24) is 10.2 Å². The molecule has 0 radical (unpaired) electrons. The molecule has 1 fully saturated rings. The number of fused-ring (bicyclic) bond motifs is 1. The lowest BCUT2D eigenvalue weighted by atomic mass is 10.00. The van der Waals surface area contributed by atoms with Crippen LogP contribution >= 0.6 is 0 Å². The van der Waals surface area contributed by atoms with Crippen molar-refractivity contribution in [2.75, 3.05) is 13.1 Å². The van der Waals surface area contributed by atoms with Crippen LogP contribution < -0.4 is 5.32 Å². The van der Waals surface area contributed by atoms with Crippen molar-refractivity contribution in [3.8, 4) is 0 Å². The standard InChI is InChI=1S/C19H28N2O3/c1-19(2,3)24-18(23)20-14-8-6-10-21(12-14)17-15-9-5-4-7-13(15)11-16(17)22/h4-5,7,9,14,16-17,22H,6,8,10-12H2,1-3H3,(H,20,23)/t14-,16+,17+/m1/s1. The van der Waals surface area contributed by atoms with Crippen LogP contribution in [0.5, 0.6) is 0 Å². The van der Waals surface area contributed by atoms with Gasteiger partial charge in [0.05, 0.1) is 12.1 Å². The minimum absolute atomic E-state index is 0.0319. The number of carbonyl (C=O) groups is 1. The highest BCUT2D eigenvalue weighted by Gasteiger charge is 2.37. The zero-order valence-electron chi connectivity index (χ0n) is 14.8. The van der Waals surface area contributed by atoms with E-state index < -0.39 is 5.60 Å².